The molecule has 1 aliphatic rings. The van der Waals surface area contributed by atoms with Gasteiger partial charge >= 0.3 is 0 Å². The lowest BCUT2D eigenvalue weighted by Gasteiger charge is -2.28. The molecule has 1 aliphatic heterocycles. The number of hydrogen-bond acceptors (Lipinski definition) is 8. The number of nitrogens with one attached hydrogen (secondary N) is 3. The molecule has 0 atom stereocenters. The molecular formula is C26H27N9O2. The van der Waals surface area contributed by atoms with E-state index < -0.39 is 0 Å². The van der Waals surface area contributed by atoms with E-state index in [0.29, 0.717) is 42.5 Å². The molecule has 6 heterocycles. The molecule has 5 aromatic rings. The third kappa shape index (κ3) is 4.60. The van der Waals surface area contributed by atoms with Crippen molar-refractivity contribution in [1.29, 1.82) is 0 Å². The second kappa shape index (κ2) is 9.58. The van der Waals surface area contributed by atoms with Crippen LogP contribution in [0.15, 0.2) is 43.1 Å². The molecule has 11 heteroatoms. The van der Waals surface area contributed by atoms with Crippen molar-refractivity contribution < 1.29 is 9.53 Å². The summed E-state index contributed by atoms with van der Waals surface area (Å²) in [6.45, 7) is 6.99. The number of amides is 1. The molecule has 37 heavy (non-hydrogen) atoms. The van der Waals surface area contributed by atoms with Crippen LogP contribution in [0, 0.1) is 5.92 Å². The van der Waals surface area contributed by atoms with Crippen LogP contribution in [-0.2, 0) is 9.53 Å². The molecule has 0 spiro atoms. The minimum absolute atomic E-state index is 0.0320. The number of carbonyl (C=O) groups excluding carboxylic acids is 1. The summed E-state index contributed by atoms with van der Waals surface area (Å²) in [6, 6.07) is 3.90. The van der Waals surface area contributed by atoms with E-state index in [4.69, 9.17) is 9.72 Å². The molecule has 0 aliphatic carbocycles. The summed E-state index contributed by atoms with van der Waals surface area (Å²) in [7, 11) is 0. The van der Waals surface area contributed by atoms with Gasteiger partial charge in [0.05, 0.1) is 54.1 Å². The highest BCUT2D eigenvalue weighted by molar-refractivity contribution is 5.96. The summed E-state index contributed by atoms with van der Waals surface area (Å²) in [5, 5.41) is 11.3. The maximum Gasteiger partial charge on any atom is 0.224 e. The molecule has 3 N–H and O–H groups in total. The van der Waals surface area contributed by atoms with E-state index in [2.05, 4.69) is 40.3 Å². The van der Waals surface area contributed by atoms with E-state index >= 15 is 0 Å². The molecule has 0 radical (unpaired) electrons. The third-order valence-electron chi connectivity index (χ3n) is 6.32. The quantitative estimate of drug-likeness (QED) is 0.322. The van der Waals surface area contributed by atoms with Crippen molar-refractivity contribution in [1.82, 2.24) is 35.1 Å². The maximum absolute atomic E-state index is 12.2. The number of carbonyl (C=O) groups is 1. The zero-order valence-corrected chi connectivity index (χ0v) is 20.7. The summed E-state index contributed by atoms with van der Waals surface area (Å²) in [4.78, 5) is 36.0. The number of nitrogens with zero attached hydrogens (tertiary/aromatic N) is 6. The van der Waals surface area contributed by atoms with Crippen molar-refractivity contribution in [2.45, 2.75) is 20.3 Å². The first-order valence-electron chi connectivity index (χ1n) is 12.3. The number of ether oxygens (including phenoxy) is 1. The Morgan fingerprint density at radius 2 is 1.89 bits per heavy atom. The van der Waals surface area contributed by atoms with Crippen LogP contribution in [-0.4, -0.2) is 67.3 Å². The lowest BCUT2D eigenvalue weighted by molar-refractivity contribution is -0.116. The van der Waals surface area contributed by atoms with E-state index in [0.717, 1.165) is 46.3 Å². The Kier molecular flexibility index (Phi) is 5.97. The van der Waals surface area contributed by atoms with E-state index in [1.807, 2.05) is 32.2 Å². The molecule has 0 aromatic carbocycles. The minimum Gasteiger partial charge on any atom is -0.378 e. The molecular weight excluding hydrogens is 470 g/mol. The van der Waals surface area contributed by atoms with Gasteiger partial charge in [-0.15, -0.1) is 0 Å². The molecule has 1 fully saturated rings. The van der Waals surface area contributed by atoms with E-state index in [-0.39, 0.29) is 11.8 Å². The number of pyridine rings is 3. The number of rotatable bonds is 6. The van der Waals surface area contributed by atoms with E-state index in [9.17, 15) is 4.79 Å². The molecule has 0 saturated carbocycles. The fourth-order valence-electron chi connectivity index (χ4n) is 4.56. The third-order valence-corrected chi connectivity index (χ3v) is 6.32. The number of aromatic nitrogens is 7. The first kappa shape index (κ1) is 23.0. The number of aromatic amines is 2. The van der Waals surface area contributed by atoms with Gasteiger partial charge in [0.1, 0.15) is 11.2 Å². The van der Waals surface area contributed by atoms with Crippen LogP contribution in [0.25, 0.3) is 44.7 Å². The number of morpholine rings is 1. The molecule has 5 aromatic heterocycles. The first-order chi connectivity index (χ1) is 18.0. The predicted octanol–water partition coefficient (Wildman–Crippen LogP) is 3.78. The fraction of sp³-hybridized carbons (Fsp3) is 0.308. The Labute approximate surface area is 212 Å². The molecule has 0 bridgehead atoms. The van der Waals surface area contributed by atoms with Crippen LogP contribution in [0.1, 0.15) is 20.3 Å². The largest absolute Gasteiger partial charge is 0.378 e. The van der Waals surface area contributed by atoms with Gasteiger partial charge in [-0.1, -0.05) is 13.8 Å². The van der Waals surface area contributed by atoms with Gasteiger partial charge in [-0.3, -0.25) is 19.9 Å². The van der Waals surface area contributed by atoms with Crippen molar-refractivity contribution in [3.05, 3.63) is 43.1 Å². The van der Waals surface area contributed by atoms with Gasteiger partial charge in [0, 0.05) is 43.0 Å². The molecule has 11 nitrogen and oxygen atoms in total. The Balaban J connectivity index is 1.35. The van der Waals surface area contributed by atoms with Crippen molar-refractivity contribution in [2.75, 3.05) is 36.5 Å². The molecule has 188 valence electrons. The summed E-state index contributed by atoms with van der Waals surface area (Å²) < 4.78 is 5.50. The van der Waals surface area contributed by atoms with Crippen LogP contribution in [0.5, 0.6) is 0 Å². The van der Waals surface area contributed by atoms with Crippen molar-refractivity contribution in [3.8, 4) is 22.6 Å². The Morgan fingerprint density at radius 1 is 1.08 bits per heavy atom. The Bertz CT molecular complexity index is 1580. The second-order valence-corrected chi connectivity index (χ2v) is 9.54. The van der Waals surface area contributed by atoms with Gasteiger partial charge in [-0.2, -0.15) is 5.10 Å². The first-order valence-corrected chi connectivity index (χ1v) is 12.3. The SMILES string of the molecule is CC(C)CC(=O)Nc1cncc(-c2cnc3[nH]nc(-c4nc5c(N6CCOCC6)cncc5[nH]4)c3c2)c1. The number of H-pyrrole nitrogens is 2. The topological polar surface area (TPSA) is 138 Å². The Hall–Kier alpha value is -4.38. The highest BCUT2D eigenvalue weighted by Gasteiger charge is 2.20. The highest BCUT2D eigenvalue weighted by Crippen LogP contribution is 2.32. The summed E-state index contributed by atoms with van der Waals surface area (Å²) in [5.74, 6) is 0.882. The lowest BCUT2D eigenvalue weighted by Crippen LogP contribution is -2.36. The monoisotopic (exact) mass is 497 g/mol. The van der Waals surface area contributed by atoms with Gasteiger partial charge in [-0.25, -0.2) is 9.97 Å². The zero-order chi connectivity index (χ0) is 25.4. The van der Waals surface area contributed by atoms with Crippen LogP contribution < -0.4 is 10.2 Å². The Morgan fingerprint density at radius 3 is 2.73 bits per heavy atom. The van der Waals surface area contributed by atoms with Crippen LogP contribution in [0.4, 0.5) is 11.4 Å². The molecule has 6 rings (SSSR count). The van der Waals surface area contributed by atoms with Crippen molar-refractivity contribution in [3.63, 3.8) is 0 Å². The smallest absolute Gasteiger partial charge is 0.224 e. The number of hydrogen-bond donors (Lipinski definition) is 3. The van der Waals surface area contributed by atoms with Crippen molar-refractivity contribution in [2.24, 2.45) is 5.92 Å². The van der Waals surface area contributed by atoms with Gasteiger partial charge in [0.25, 0.3) is 0 Å². The van der Waals surface area contributed by atoms with Gasteiger partial charge in [-0.05, 0) is 18.1 Å². The molecule has 0 unspecified atom stereocenters. The maximum atomic E-state index is 12.2. The van der Waals surface area contributed by atoms with Crippen molar-refractivity contribution >= 4 is 39.3 Å². The summed E-state index contributed by atoms with van der Waals surface area (Å²) in [6.07, 6.45) is 9.24. The minimum atomic E-state index is -0.0320. The van der Waals surface area contributed by atoms with E-state index in [1.165, 1.54) is 0 Å². The second-order valence-electron chi connectivity index (χ2n) is 9.54. The highest BCUT2D eigenvalue weighted by atomic mass is 16.5. The van der Waals surface area contributed by atoms with Gasteiger partial charge in [0.15, 0.2) is 11.5 Å². The van der Waals surface area contributed by atoms with Crippen LogP contribution >= 0.6 is 0 Å². The molecule has 1 amide bonds. The van der Waals surface area contributed by atoms with Gasteiger partial charge < -0.3 is 19.9 Å². The number of fused-ring (bicyclic) bond motifs is 2. The lowest BCUT2D eigenvalue weighted by atomic mass is 10.1. The van der Waals surface area contributed by atoms with Crippen LogP contribution in [0.3, 0.4) is 0 Å². The zero-order valence-electron chi connectivity index (χ0n) is 20.7. The standard InChI is InChI=1S/C26H27N9O2/c1-15(2)7-22(36)30-18-8-16(10-27-12-18)17-9-19-23(33-34-25(19)29-11-17)26-31-20-13-28-14-21(24(20)32-26)35-3-5-37-6-4-35/h8-15H,3-7H2,1-2H3,(H,30,36)(H,31,32)(H,29,33,34). The average Bonchev–Trinajstić information content (AvgIpc) is 3.52. The summed E-state index contributed by atoms with van der Waals surface area (Å²) in [5.41, 5.74) is 6.33. The number of anilines is 2. The fourth-order valence-corrected chi connectivity index (χ4v) is 4.56. The normalized spacial score (nSPS) is 14.1. The van der Waals surface area contributed by atoms with Crippen LogP contribution in [0.2, 0.25) is 0 Å². The van der Waals surface area contributed by atoms with E-state index in [1.54, 1.807) is 24.8 Å². The average molecular weight is 498 g/mol. The van der Waals surface area contributed by atoms with Gasteiger partial charge in [0.2, 0.25) is 5.91 Å². The predicted molar refractivity (Wildman–Crippen MR) is 141 cm³/mol. The molecule has 1 saturated heterocycles. The summed E-state index contributed by atoms with van der Waals surface area (Å²) >= 11 is 0. The number of imidazole rings is 1.